The van der Waals surface area contributed by atoms with Gasteiger partial charge in [0.2, 0.25) is 0 Å². The zero-order valence-electron chi connectivity index (χ0n) is 17.9. The number of carbonyl (C=O) groups is 1. The number of nitrogens with zero attached hydrogens (tertiary/aromatic N) is 2. The quantitative estimate of drug-likeness (QED) is 0.215. The second-order valence-electron chi connectivity index (χ2n) is 7.06. The molecule has 0 saturated heterocycles. The molecule has 2 heterocycles. The van der Waals surface area contributed by atoms with Crippen LogP contribution < -0.4 is 9.50 Å². The third kappa shape index (κ3) is 5.43. The summed E-state index contributed by atoms with van der Waals surface area (Å²) in [6, 6.07) is 16.4. The molecule has 0 radical (unpaired) electrons. The van der Waals surface area contributed by atoms with E-state index < -0.39 is 16.1 Å². The fourth-order valence-electron chi connectivity index (χ4n) is 3.23. The number of esters is 1. The highest BCUT2D eigenvalue weighted by atomic mass is 79.9. The topological polar surface area (TPSA) is 99.0 Å². The number of halogens is 2. The lowest BCUT2D eigenvalue weighted by Gasteiger charge is -2.10. The first-order chi connectivity index (χ1) is 16.3. The van der Waals surface area contributed by atoms with E-state index in [1.54, 1.807) is 47.7 Å². The van der Waals surface area contributed by atoms with Gasteiger partial charge in [-0.05, 0) is 71.4 Å². The van der Waals surface area contributed by atoms with Crippen LogP contribution in [0.15, 0.2) is 80.7 Å². The van der Waals surface area contributed by atoms with Gasteiger partial charge in [-0.25, -0.2) is 4.98 Å². The van der Waals surface area contributed by atoms with Crippen LogP contribution in [0.5, 0.6) is 5.75 Å². The lowest BCUT2D eigenvalue weighted by atomic mass is 10.1. The van der Waals surface area contributed by atoms with E-state index in [0.717, 1.165) is 8.95 Å². The molecule has 34 heavy (non-hydrogen) atoms. The Hall–Kier alpha value is -2.89. The highest BCUT2D eigenvalue weighted by Gasteiger charge is 2.19. The van der Waals surface area contributed by atoms with E-state index in [-0.39, 0.29) is 23.8 Å². The van der Waals surface area contributed by atoms with Crippen molar-refractivity contribution in [2.75, 3.05) is 18.5 Å². The van der Waals surface area contributed by atoms with Crippen LogP contribution in [0.2, 0.25) is 0 Å². The number of hydrogen-bond acceptors (Lipinski definition) is 7. The summed E-state index contributed by atoms with van der Waals surface area (Å²) in [4.78, 5) is 16.7. The highest BCUT2D eigenvalue weighted by molar-refractivity contribution is 9.10. The summed E-state index contributed by atoms with van der Waals surface area (Å²) in [5.74, 6) is 0.281. The predicted molar refractivity (Wildman–Crippen MR) is 135 cm³/mol. The smallest absolute Gasteiger partial charge is 0.339 e. The second kappa shape index (κ2) is 10.2. The van der Waals surface area contributed by atoms with Gasteiger partial charge in [0.25, 0.3) is 0 Å². The minimum absolute atomic E-state index is 0.0375. The van der Waals surface area contributed by atoms with Gasteiger partial charge < -0.3 is 14.2 Å². The summed E-state index contributed by atoms with van der Waals surface area (Å²) in [6.07, 6.45) is 1.82. The van der Waals surface area contributed by atoms with Crippen LogP contribution >= 0.6 is 31.9 Å². The molecule has 2 aromatic carbocycles. The Kier molecular flexibility index (Phi) is 7.24. The third-order valence-corrected chi connectivity index (χ3v) is 6.96. The Bertz CT molecular complexity index is 1450. The lowest BCUT2D eigenvalue weighted by molar-refractivity contribution is -0.140. The summed E-state index contributed by atoms with van der Waals surface area (Å²) in [5.41, 5.74) is 1.77. The molecule has 2 aromatic heterocycles. The van der Waals surface area contributed by atoms with Crippen molar-refractivity contribution < 1.29 is 22.1 Å². The Morgan fingerprint density at radius 1 is 1.06 bits per heavy atom. The van der Waals surface area contributed by atoms with Crippen molar-refractivity contribution in [3.05, 3.63) is 75.8 Å². The van der Waals surface area contributed by atoms with E-state index in [1.807, 2.05) is 18.3 Å². The number of anilines is 1. The van der Waals surface area contributed by atoms with Crippen molar-refractivity contribution in [1.29, 1.82) is 0 Å². The molecule has 8 nitrogen and oxygen atoms in total. The minimum Gasteiger partial charge on any atom is -0.465 e. The number of hydrogen-bond donors (Lipinski definition) is 1. The lowest BCUT2D eigenvalue weighted by Crippen LogP contribution is -2.17. The number of rotatable bonds is 8. The standard InChI is InChI=1S/C23H19Br2N3O5S/c1-2-32-21(29)13-26-23-22(27-20-11-8-17(25)14-28(20)23)15-4-3-5-18(12-15)33-34(30,31)19-9-6-16(24)7-10-19/h3-12,14,26H,2,13H2,1H3. The number of pyridine rings is 1. The average Bonchev–Trinajstić information content (AvgIpc) is 3.16. The fraction of sp³-hybridized carbons (Fsp3) is 0.130. The predicted octanol–water partition coefficient (Wildman–Crippen LogP) is 5.27. The van der Waals surface area contributed by atoms with Crippen LogP contribution in [0.25, 0.3) is 16.9 Å². The number of benzene rings is 2. The largest absolute Gasteiger partial charge is 0.465 e. The monoisotopic (exact) mass is 607 g/mol. The highest BCUT2D eigenvalue weighted by Crippen LogP contribution is 2.32. The van der Waals surface area contributed by atoms with Crippen LogP contribution in [0, 0.1) is 0 Å². The van der Waals surface area contributed by atoms with Crippen molar-refractivity contribution >= 4 is 59.4 Å². The Morgan fingerprint density at radius 3 is 2.53 bits per heavy atom. The molecular weight excluding hydrogens is 590 g/mol. The van der Waals surface area contributed by atoms with Gasteiger partial charge in [0, 0.05) is 20.7 Å². The average molecular weight is 609 g/mol. The van der Waals surface area contributed by atoms with E-state index >= 15 is 0 Å². The first-order valence-corrected chi connectivity index (χ1v) is 13.1. The molecular formula is C23H19Br2N3O5S. The molecule has 0 amide bonds. The molecule has 0 spiro atoms. The molecule has 176 valence electrons. The molecule has 4 aromatic rings. The molecule has 0 bridgehead atoms. The molecule has 0 aliphatic heterocycles. The minimum atomic E-state index is -4.03. The first-order valence-electron chi connectivity index (χ1n) is 10.1. The number of nitrogens with one attached hydrogen (secondary N) is 1. The molecule has 0 aliphatic carbocycles. The number of aromatic nitrogens is 2. The first kappa shape index (κ1) is 24.2. The molecule has 4 rings (SSSR count). The van der Waals surface area contributed by atoms with Crippen molar-refractivity contribution in [2.45, 2.75) is 11.8 Å². The number of imidazole rings is 1. The van der Waals surface area contributed by atoms with Gasteiger partial charge in [-0.2, -0.15) is 8.42 Å². The van der Waals surface area contributed by atoms with Gasteiger partial charge in [0.15, 0.2) is 0 Å². The Labute approximate surface area is 213 Å². The van der Waals surface area contributed by atoms with Crippen LogP contribution in [0.1, 0.15) is 6.92 Å². The summed E-state index contributed by atoms with van der Waals surface area (Å²) in [6.45, 7) is 1.95. The van der Waals surface area contributed by atoms with Crippen molar-refractivity contribution in [2.24, 2.45) is 0 Å². The van der Waals surface area contributed by atoms with E-state index in [1.165, 1.54) is 12.1 Å². The van der Waals surface area contributed by atoms with Crippen LogP contribution in [-0.2, 0) is 19.6 Å². The number of carbonyl (C=O) groups excluding carboxylic acids is 1. The second-order valence-corrected chi connectivity index (χ2v) is 10.4. The van der Waals surface area contributed by atoms with Gasteiger partial charge in [-0.3, -0.25) is 9.20 Å². The number of fused-ring (bicyclic) bond motifs is 1. The molecule has 0 unspecified atom stereocenters. The maximum Gasteiger partial charge on any atom is 0.339 e. The van der Waals surface area contributed by atoms with Gasteiger partial charge in [0.05, 0.1) is 6.61 Å². The molecule has 0 atom stereocenters. The van der Waals surface area contributed by atoms with Gasteiger partial charge in [0.1, 0.15) is 34.3 Å². The molecule has 0 saturated carbocycles. The van der Waals surface area contributed by atoms with Crippen molar-refractivity contribution in [3.8, 4) is 17.0 Å². The van der Waals surface area contributed by atoms with Gasteiger partial charge in [-0.1, -0.05) is 28.1 Å². The van der Waals surface area contributed by atoms with E-state index in [0.29, 0.717) is 22.7 Å². The fourth-order valence-corrected chi connectivity index (χ4v) is 4.75. The van der Waals surface area contributed by atoms with Crippen LogP contribution in [0.3, 0.4) is 0 Å². The normalized spacial score (nSPS) is 11.4. The third-order valence-electron chi connectivity index (χ3n) is 4.70. The van der Waals surface area contributed by atoms with E-state index in [4.69, 9.17) is 8.92 Å². The molecule has 1 N–H and O–H groups in total. The van der Waals surface area contributed by atoms with Gasteiger partial charge >= 0.3 is 16.1 Å². The maximum atomic E-state index is 12.7. The summed E-state index contributed by atoms with van der Waals surface area (Å²) in [5, 5.41) is 3.09. The maximum absolute atomic E-state index is 12.7. The SMILES string of the molecule is CCOC(=O)CNc1c(-c2cccc(OS(=O)(=O)c3ccc(Br)cc3)c2)nc2ccc(Br)cn12. The zero-order valence-corrected chi connectivity index (χ0v) is 21.9. The van der Waals surface area contributed by atoms with E-state index in [2.05, 4.69) is 42.2 Å². The summed E-state index contributed by atoms with van der Waals surface area (Å²) >= 11 is 6.74. The zero-order chi connectivity index (χ0) is 24.3. The van der Waals surface area contributed by atoms with Gasteiger partial charge in [-0.15, -0.1) is 0 Å². The summed E-state index contributed by atoms with van der Waals surface area (Å²) < 4.78 is 39.2. The Morgan fingerprint density at radius 2 is 1.79 bits per heavy atom. The molecule has 11 heteroatoms. The van der Waals surface area contributed by atoms with Crippen molar-refractivity contribution in [1.82, 2.24) is 9.38 Å². The summed E-state index contributed by atoms with van der Waals surface area (Å²) in [7, 11) is -4.03. The molecule has 0 aliphatic rings. The van der Waals surface area contributed by atoms with Crippen LogP contribution in [-0.4, -0.2) is 36.9 Å². The van der Waals surface area contributed by atoms with Crippen molar-refractivity contribution in [3.63, 3.8) is 0 Å². The Balaban J connectivity index is 1.70. The molecule has 0 fully saturated rings. The van der Waals surface area contributed by atoms with E-state index in [9.17, 15) is 13.2 Å². The van der Waals surface area contributed by atoms with Crippen LogP contribution in [0.4, 0.5) is 5.82 Å². The number of ether oxygens (including phenoxy) is 1.